The van der Waals surface area contributed by atoms with E-state index >= 15 is 0 Å². The molecule has 0 saturated heterocycles. The number of halogens is 1. The largest absolute Gasteiger partial charge is 0.478 e. The maximum Gasteiger partial charge on any atom is 0.337 e. The third-order valence-electron chi connectivity index (χ3n) is 4.12. The number of carbonyl (C=O) groups excluding carboxylic acids is 2. The van der Waals surface area contributed by atoms with Crippen LogP contribution in [-0.2, 0) is 0 Å². The van der Waals surface area contributed by atoms with Crippen LogP contribution in [0, 0.1) is 0 Å². The van der Waals surface area contributed by atoms with Gasteiger partial charge in [-0.15, -0.1) is 22.7 Å². The maximum atomic E-state index is 12.8. The van der Waals surface area contributed by atoms with Gasteiger partial charge >= 0.3 is 5.97 Å². The second-order valence-electron chi connectivity index (χ2n) is 6.05. The van der Waals surface area contributed by atoms with Gasteiger partial charge in [0.25, 0.3) is 11.8 Å². The van der Waals surface area contributed by atoms with Crippen molar-refractivity contribution in [2.45, 2.75) is 0 Å². The van der Waals surface area contributed by atoms with Gasteiger partial charge in [-0.05, 0) is 24.3 Å². The first-order valence-electron chi connectivity index (χ1n) is 8.50. The highest BCUT2D eigenvalue weighted by atomic mass is 35.5. The van der Waals surface area contributed by atoms with Gasteiger partial charge in [0.1, 0.15) is 4.88 Å². The lowest BCUT2D eigenvalue weighted by Crippen LogP contribution is -2.16. The van der Waals surface area contributed by atoms with E-state index in [1.54, 1.807) is 5.38 Å². The van der Waals surface area contributed by atoms with Gasteiger partial charge in [-0.2, -0.15) is 0 Å². The van der Waals surface area contributed by atoms with Crippen LogP contribution in [0.5, 0.6) is 0 Å². The Bertz CT molecular complexity index is 1280. The SMILES string of the molecule is O=C(Nc1ccc(C(=O)O)c(NC(=O)c2sc3ccccc3c2Cl)c1)c1nccs1. The number of hydrogen-bond acceptors (Lipinski definition) is 6. The van der Waals surface area contributed by atoms with Crippen molar-refractivity contribution in [2.24, 2.45) is 0 Å². The average Bonchev–Trinajstić information content (AvgIpc) is 3.37. The molecule has 0 aliphatic heterocycles. The summed E-state index contributed by atoms with van der Waals surface area (Å²) in [6, 6.07) is 11.4. The van der Waals surface area contributed by atoms with Crippen molar-refractivity contribution in [3.8, 4) is 0 Å². The number of amides is 2. The molecule has 10 heteroatoms. The van der Waals surface area contributed by atoms with Crippen LogP contribution < -0.4 is 10.6 Å². The fraction of sp³-hybridized carbons (Fsp3) is 0. The van der Waals surface area contributed by atoms with E-state index in [2.05, 4.69) is 15.6 Å². The summed E-state index contributed by atoms with van der Waals surface area (Å²) in [5, 5.41) is 17.7. The van der Waals surface area contributed by atoms with Gasteiger partial charge in [-0.25, -0.2) is 9.78 Å². The summed E-state index contributed by atoms with van der Waals surface area (Å²) in [7, 11) is 0. The molecule has 0 spiro atoms. The molecule has 4 rings (SSSR count). The van der Waals surface area contributed by atoms with Gasteiger partial charge in [0.05, 0.1) is 16.3 Å². The topological polar surface area (TPSA) is 108 Å². The molecule has 0 saturated carbocycles. The van der Waals surface area contributed by atoms with Crippen LogP contribution in [0.3, 0.4) is 0 Å². The van der Waals surface area contributed by atoms with E-state index in [-0.39, 0.29) is 21.1 Å². The molecule has 0 bridgehead atoms. The highest BCUT2D eigenvalue weighted by molar-refractivity contribution is 7.21. The highest BCUT2D eigenvalue weighted by Gasteiger charge is 2.20. The summed E-state index contributed by atoms with van der Waals surface area (Å²) in [6.07, 6.45) is 1.51. The Labute approximate surface area is 183 Å². The summed E-state index contributed by atoms with van der Waals surface area (Å²) < 4.78 is 0.843. The Kier molecular flexibility index (Phi) is 5.49. The van der Waals surface area contributed by atoms with Gasteiger partial charge in [0, 0.05) is 27.4 Å². The molecule has 2 aromatic carbocycles. The normalized spacial score (nSPS) is 10.7. The summed E-state index contributed by atoms with van der Waals surface area (Å²) in [4.78, 5) is 40.8. The minimum atomic E-state index is -1.22. The zero-order valence-electron chi connectivity index (χ0n) is 15.0. The molecule has 2 heterocycles. The molecule has 3 N–H and O–H groups in total. The monoisotopic (exact) mass is 457 g/mol. The van der Waals surface area contributed by atoms with Gasteiger partial charge in [-0.1, -0.05) is 29.8 Å². The molecule has 7 nitrogen and oxygen atoms in total. The predicted octanol–water partition coefficient (Wildman–Crippen LogP) is 5.21. The first-order chi connectivity index (χ1) is 14.4. The number of benzene rings is 2. The number of carbonyl (C=O) groups is 3. The van der Waals surface area contributed by atoms with Crippen molar-refractivity contribution < 1.29 is 19.5 Å². The second-order valence-corrected chi connectivity index (χ2v) is 8.38. The smallest absolute Gasteiger partial charge is 0.337 e. The standard InChI is InChI=1S/C20H12ClN3O4S2/c21-15-12-3-1-2-4-14(12)30-16(15)17(25)24-13-9-10(5-6-11(13)20(27)28)23-18(26)19-22-7-8-29-19/h1-9H,(H,23,26)(H,24,25)(H,27,28). The van der Waals surface area contributed by atoms with Crippen molar-refractivity contribution in [2.75, 3.05) is 10.6 Å². The number of carboxylic acids is 1. The van der Waals surface area contributed by atoms with E-state index in [9.17, 15) is 19.5 Å². The quantitative estimate of drug-likeness (QED) is 0.381. The molecule has 0 aliphatic rings. The van der Waals surface area contributed by atoms with Gasteiger partial charge in [-0.3, -0.25) is 9.59 Å². The third kappa shape index (κ3) is 3.90. The third-order valence-corrected chi connectivity index (χ3v) is 6.57. The van der Waals surface area contributed by atoms with Crippen LogP contribution in [0.2, 0.25) is 5.02 Å². The first kappa shape index (κ1) is 20.0. The highest BCUT2D eigenvalue weighted by Crippen LogP contribution is 2.36. The molecule has 4 aromatic rings. The molecule has 0 fully saturated rings. The van der Waals surface area contributed by atoms with Crippen LogP contribution in [-0.4, -0.2) is 27.9 Å². The van der Waals surface area contributed by atoms with Crippen LogP contribution >= 0.6 is 34.3 Å². The predicted molar refractivity (Wildman–Crippen MR) is 118 cm³/mol. The van der Waals surface area contributed by atoms with Crippen molar-refractivity contribution in [1.29, 1.82) is 0 Å². The fourth-order valence-corrected chi connectivity index (χ4v) is 4.71. The average molecular weight is 458 g/mol. The van der Waals surface area contributed by atoms with E-state index in [1.165, 1.54) is 47.1 Å². The van der Waals surface area contributed by atoms with E-state index in [4.69, 9.17) is 11.6 Å². The number of hydrogen-bond donors (Lipinski definition) is 3. The summed E-state index contributed by atoms with van der Waals surface area (Å²) in [5.74, 6) is -2.18. The number of nitrogens with one attached hydrogen (secondary N) is 2. The fourth-order valence-electron chi connectivity index (χ4n) is 2.77. The molecule has 150 valence electrons. The number of aromatic carboxylic acids is 1. The molecule has 0 radical (unpaired) electrons. The number of nitrogens with zero attached hydrogens (tertiary/aromatic N) is 1. The summed E-state index contributed by atoms with van der Waals surface area (Å²) in [6.45, 7) is 0. The zero-order chi connectivity index (χ0) is 21.3. The molecule has 30 heavy (non-hydrogen) atoms. The zero-order valence-corrected chi connectivity index (χ0v) is 17.4. The maximum absolute atomic E-state index is 12.8. The van der Waals surface area contributed by atoms with E-state index in [0.29, 0.717) is 10.7 Å². The van der Waals surface area contributed by atoms with Crippen molar-refractivity contribution in [1.82, 2.24) is 4.98 Å². The van der Waals surface area contributed by atoms with E-state index < -0.39 is 17.8 Å². The van der Waals surface area contributed by atoms with Crippen LogP contribution in [0.25, 0.3) is 10.1 Å². The molecular formula is C20H12ClN3O4S2. The van der Waals surface area contributed by atoms with Gasteiger partial charge in [0.2, 0.25) is 0 Å². The van der Waals surface area contributed by atoms with Crippen molar-refractivity contribution in [3.63, 3.8) is 0 Å². The second kappa shape index (κ2) is 8.23. The Hall–Kier alpha value is -3.27. The lowest BCUT2D eigenvalue weighted by Gasteiger charge is -2.11. The number of anilines is 2. The van der Waals surface area contributed by atoms with Gasteiger partial charge < -0.3 is 15.7 Å². The number of carboxylic acid groups (broad SMARTS) is 1. The number of rotatable bonds is 5. The molecule has 2 aromatic heterocycles. The van der Waals surface area contributed by atoms with Crippen LogP contribution in [0.1, 0.15) is 29.8 Å². The lowest BCUT2D eigenvalue weighted by molar-refractivity contribution is 0.0698. The summed E-state index contributed by atoms with van der Waals surface area (Å²) in [5.41, 5.74) is 0.240. The minimum absolute atomic E-state index is 0.0398. The first-order valence-corrected chi connectivity index (χ1v) is 10.6. The Balaban J connectivity index is 1.64. The van der Waals surface area contributed by atoms with Crippen molar-refractivity contribution >= 4 is 73.5 Å². The lowest BCUT2D eigenvalue weighted by atomic mass is 10.1. The number of aromatic nitrogens is 1. The molecule has 2 amide bonds. The number of thiazole rings is 1. The van der Waals surface area contributed by atoms with E-state index in [0.717, 1.165) is 10.1 Å². The molecule has 0 aliphatic carbocycles. The molecular weight excluding hydrogens is 446 g/mol. The molecule has 0 unspecified atom stereocenters. The Morgan fingerprint density at radius 1 is 1.03 bits per heavy atom. The minimum Gasteiger partial charge on any atom is -0.478 e. The number of fused-ring (bicyclic) bond motifs is 1. The van der Waals surface area contributed by atoms with E-state index in [1.807, 2.05) is 24.3 Å². The Morgan fingerprint density at radius 2 is 1.83 bits per heavy atom. The molecule has 0 atom stereocenters. The van der Waals surface area contributed by atoms with Crippen LogP contribution in [0.4, 0.5) is 11.4 Å². The summed E-state index contributed by atoms with van der Waals surface area (Å²) >= 11 is 8.73. The van der Waals surface area contributed by atoms with Gasteiger partial charge in [0.15, 0.2) is 5.01 Å². The van der Waals surface area contributed by atoms with Crippen LogP contribution in [0.15, 0.2) is 54.0 Å². The number of thiophene rings is 1. The Morgan fingerprint density at radius 3 is 2.53 bits per heavy atom. The van der Waals surface area contributed by atoms with Crippen molar-refractivity contribution in [3.05, 3.63) is 74.5 Å².